The van der Waals surface area contributed by atoms with Crippen LogP contribution in [0.25, 0.3) is 0 Å². The Morgan fingerprint density at radius 1 is 1.41 bits per heavy atom. The van der Waals surface area contributed by atoms with E-state index in [-0.39, 0.29) is 35.9 Å². The van der Waals surface area contributed by atoms with Crippen LogP contribution in [0.15, 0.2) is 24.8 Å². The number of hydrogen-bond acceptors (Lipinski definition) is 4. The van der Waals surface area contributed by atoms with Crippen LogP contribution in [0.3, 0.4) is 0 Å². The molecule has 1 aliphatic heterocycles. The van der Waals surface area contributed by atoms with Crippen molar-refractivity contribution in [3.8, 4) is 0 Å². The fourth-order valence-electron chi connectivity index (χ4n) is 2.53. The smallest absolute Gasteiger partial charge is 0.323 e. The summed E-state index contributed by atoms with van der Waals surface area (Å²) in [5.74, 6) is -0.202. The monoisotopic (exact) mass is 308 g/mol. The molecule has 1 heterocycles. The third-order valence-corrected chi connectivity index (χ3v) is 3.74. The Kier molecular flexibility index (Phi) is 7.88. The summed E-state index contributed by atoms with van der Waals surface area (Å²) in [5.41, 5.74) is 0. The molecule has 1 aliphatic rings. The average molecular weight is 308 g/mol. The van der Waals surface area contributed by atoms with Crippen LogP contribution < -0.4 is 10.6 Å². The van der Waals surface area contributed by atoms with Crippen LogP contribution in [0.1, 0.15) is 33.6 Å². The quantitative estimate of drug-likeness (QED) is 0.408. The van der Waals surface area contributed by atoms with Gasteiger partial charge in [0, 0.05) is 12.5 Å². The molecule has 0 aromatic heterocycles. The van der Waals surface area contributed by atoms with E-state index in [4.69, 9.17) is 4.74 Å². The first-order chi connectivity index (χ1) is 10.5. The summed E-state index contributed by atoms with van der Waals surface area (Å²) in [6, 6.07) is -0.187. The number of rotatable bonds is 8. The first-order valence-corrected chi connectivity index (χ1v) is 7.96. The van der Waals surface area contributed by atoms with Crippen LogP contribution in [0.5, 0.6) is 0 Å². The summed E-state index contributed by atoms with van der Waals surface area (Å²) >= 11 is 0. The van der Waals surface area contributed by atoms with Crippen molar-refractivity contribution in [2.45, 2.75) is 45.8 Å². The molecule has 1 saturated heterocycles. The van der Waals surface area contributed by atoms with Gasteiger partial charge < -0.3 is 15.4 Å². The molecule has 5 nitrogen and oxygen atoms in total. The zero-order valence-electron chi connectivity index (χ0n) is 13.8. The minimum atomic E-state index is -0.238. The fourth-order valence-corrected chi connectivity index (χ4v) is 2.53. The molecule has 1 amide bonds. The first kappa shape index (κ1) is 18.4. The van der Waals surface area contributed by atoms with Crippen molar-refractivity contribution in [3.63, 3.8) is 0 Å². The number of ether oxygens (including phenoxy) is 1. The van der Waals surface area contributed by atoms with Crippen molar-refractivity contribution >= 4 is 11.9 Å². The second-order valence-corrected chi connectivity index (χ2v) is 6.05. The van der Waals surface area contributed by atoms with Gasteiger partial charge in [-0.3, -0.25) is 9.59 Å². The van der Waals surface area contributed by atoms with Crippen molar-refractivity contribution in [1.82, 2.24) is 10.6 Å². The van der Waals surface area contributed by atoms with Crippen LogP contribution in [0.2, 0.25) is 0 Å². The standard InChI is InChI=1S/C17H28N2O3/c1-5-10-19-15(20)9-8-13(4)16(12(2)3)22-17(21)14-7-6-11-18-14/h5,8-9,12-14,16,18H,1,6-7,10-11H2,2-4H3,(H,19,20)/b9-8+/t13-,14-,16-/m1/s1. The molecule has 2 N–H and O–H groups in total. The van der Waals surface area contributed by atoms with Crippen LogP contribution in [-0.2, 0) is 14.3 Å². The minimum absolute atomic E-state index is 0.0279. The van der Waals surface area contributed by atoms with Crippen LogP contribution in [0, 0.1) is 11.8 Å². The Hall–Kier alpha value is -1.62. The zero-order chi connectivity index (χ0) is 16.5. The van der Waals surface area contributed by atoms with Crippen molar-refractivity contribution in [1.29, 1.82) is 0 Å². The second kappa shape index (κ2) is 9.41. The van der Waals surface area contributed by atoms with Crippen LogP contribution in [0.4, 0.5) is 0 Å². The highest BCUT2D eigenvalue weighted by atomic mass is 16.5. The highest BCUT2D eigenvalue weighted by Gasteiger charge is 2.29. The van der Waals surface area contributed by atoms with Gasteiger partial charge in [0.2, 0.25) is 5.91 Å². The maximum atomic E-state index is 12.1. The largest absolute Gasteiger partial charge is 0.460 e. The predicted octanol–water partition coefficient (Wildman–Crippen LogP) is 1.80. The van der Waals surface area contributed by atoms with Gasteiger partial charge in [-0.2, -0.15) is 0 Å². The van der Waals surface area contributed by atoms with Gasteiger partial charge in [-0.1, -0.05) is 32.9 Å². The molecule has 0 aliphatic carbocycles. The Balaban J connectivity index is 2.57. The van der Waals surface area contributed by atoms with Gasteiger partial charge in [0.25, 0.3) is 0 Å². The van der Waals surface area contributed by atoms with Gasteiger partial charge in [0.15, 0.2) is 0 Å². The third kappa shape index (κ3) is 6.02. The van der Waals surface area contributed by atoms with E-state index < -0.39 is 0 Å². The summed E-state index contributed by atoms with van der Waals surface area (Å²) in [6.07, 6.45) is 6.51. The molecule has 22 heavy (non-hydrogen) atoms. The SMILES string of the molecule is C=CCNC(=O)/C=C/[C@@H](C)[C@H](OC(=O)[C@H]1CCCN1)C(C)C. The normalized spacial score (nSPS) is 20.8. The Labute approximate surface area is 133 Å². The highest BCUT2D eigenvalue weighted by Crippen LogP contribution is 2.20. The van der Waals surface area contributed by atoms with Gasteiger partial charge in [0.05, 0.1) is 0 Å². The number of nitrogens with one attached hydrogen (secondary N) is 2. The van der Waals surface area contributed by atoms with Gasteiger partial charge >= 0.3 is 5.97 Å². The topological polar surface area (TPSA) is 67.4 Å². The van der Waals surface area contributed by atoms with E-state index in [1.165, 1.54) is 6.08 Å². The van der Waals surface area contributed by atoms with E-state index in [1.807, 2.05) is 20.8 Å². The number of carbonyl (C=O) groups excluding carboxylic acids is 2. The van der Waals surface area contributed by atoms with Crippen molar-refractivity contribution in [3.05, 3.63) is 24.8 Å². The van der Waals surface area contributed by atoms with E-state index in [0.29, 0.717) is 6.54 Å². The molecule has 124 valence electrons. The zero-order valence-corrected chi connectivity index (χ0v) is 13.8. The predicted molar refractivity (Wildman–Crippen MR) is 87.3 cm³/mol. The van der Waals surface area contributed by atoms with Crippen molar-refractivity contribution in [2.24, 2.45) is 11.8 Å². The molecule has 0 aromatic rings. The van der Waals surface area contributed by atoms with E-state index in [0.717, 1.165) is 19.4 Å². The molecular formula is C17H28N2O3. The first-order valence-electron chi connectivity index (χ1n) is 7.96. The van der Waals surface area contributed by atoms with Gasteiger partial charge in [-0.05, 0) is 31.4 Å². The lowest BCUT2D eigenvalue weighted by Gasteiger charge is -2.27. The summed E-state index contributed by atoms with van der Waals surface area (Å²) < 4.78 is 5.67. The highest BCUT2D eigenvalue weighted by molar-refractivity contribution is 5.87. The van der Waals surface area contributed by atoms with Gasteiger partial charge in [-0.15, -0.1) is 6.58 Å². The van der Waals surface area contributed by atoms with E-state index in [2.05, 4.69) is 17.2 Å². The average Bonchev–Trinajstić information content (AvgIpc) is 3.01. The second-order valence-electron chi connectivity index (χ2n) is 6.05. The Bertz CT molecular complexity index is 412. The number of hydrogen-bond donors (Lipinski definition) is 2. The summed E-state index contributed by atoms with van der Waals surface area (Å²) in [6.45, 7) is 10.8. The molecule has 3 atom stereocenters. The lowest BCUT2D eigenvalue weighted by Crippen LogP contribution is -2.38. The summed E-state index contributed by atoms with van der Waals surface area (Å²) in [7, 11) is 0. The van der Waals surface area contributed by atoms with Gasteiger partial charge in [0.1, 0.15) is 12.1 Å². The maximum Gasteiger partial charge on any atom is 0.323 e. The van der Waals surface area contributed by atoms with Crippen molar-refractivity contribution < 1.29 is 14.3 Å². The molecule has 1 rings (SSSR count). The molecule has 0 saturated carbocycles. The molecule has 0 unspecified atom stereocenters. The molecular weight excluding hydrogens is 280 g/mol. The lowest BCUT2D eigenvalue weighted by atomic mass is 9.94. The van der Waals surface area contributed by atoms with Crippen LogP contribution in [-0.4, -0.2) is 37.1 Å². The lowest BCUT2D eigenvalue weighted by molar-refractivity contribution is -0.155. The third-order valence-electron chi connectivity index (χ3n) is 3.74. The Morgan fingerprint density at radius 3 is 2.68 bits per heavy atom. The number of carbonyl (C=O) groups is 2. The molecule has 0 aromatic carbocycles. The molecule has 0 bridgehead atoms. The number of esters is 1. The van der Waals surface area contributed by atoms with E-state index in [1.54, 1.807) is 12.2 Å². The Morgan fingerprint density at radius 2 is 2.14 bits per heavy atom. The summed E-state index contributed by atoms with van der Waals surface area (Å²) in [4.78, 5) is 23.7. The fraction of sp³-hybridized carbons (Fsp3) is 0.647. The van der Waals surface area contributed by atoms with Crippen molar-refractivity contribution in [2.75, 3.05) is 13.1 Å². The molecule has 1 fully saturated rings. The van der Waals surface area contributed by atoms with Crippen LogP contribution >= 0.6 is 0 Å². The minimum Gasteiger partial charge on any atom is -0.460 e. The maximum absolute atomic E-state index is 12.1. The molecule has 0 spiro atoms. The van der Waals surface area contributed by atoms with Gasteiger partial charge in [-0.25, -0.2) is 0 Å². The number of amides is 1. The molecule has 5 heteroatoms. The summed E-state index contributed by atoms with van der Waals surface area (Å²) in [5, 5.41) is 5.83. The van der Waals surface area contributed by atoms with E-state index >= 15 is 0 Å². The van der Waals surface area contributed by atoms with E-state index in [9.17, 15) is 9.59 Å². The molecule has 0 radical (unpaired) electrons.